The van der Waals surface area contributed by atoms with Crippen LogP contribution >= 0.6 is 0 Å². The maximum Gasteiger partial charge on any atom is 0.262 e. The molecule has 15 nitrogen and oxygen atoms in total. The number of imide groups is 2. The van der Waals surface area contributed by atoms with E-state index in [0.717, 1.165) is 109 Å². The Morgan fingerprint density at radius 3 is 2.29 bits per heavy atom. The zero-order chi connectivity index (χ0) is 39.5. The third kappa shape index (κ3) is 6.53. The van der Waals surface area contributed by atoms with Crippen LogP contribution in [0, 0.1) is 5.92 Å². The molecule has 7 heterocycles. The van der Waals surface area contributed by atoms with Crippen molar-refractivity contribution in [1.29, 1.82) is 0 Å². The van der Waals surface area contributed by atoms with E-state index in [1.165, 1.54) is 6.33 Å². The zero-order valence-corrected chi connectivity index (χ0v) is 32.0. The van der Waals surface area contributed by atoms with Gasteiger partial charge in [-0.05, 0) is 86.8 Å². The Kier molecular flexibility index (Phi) is 9.13. The number of fused-ring (bicyclic) bond motifs is 2. The van der Waals surface area contributed by atoms with Gasteiger partial charge in [-0.3, -0.25) is 34.3 Å². The molecule has 2 aromatic heterocycles. The van der Waals surface area contributed by atoms with E-state index in [-0.39, 0.29) is 24.8 Å². The summed E-state index contributed by atoms with van der Waals surface area (Å²) in [6, 6.07) is 22.7. The van der Waals surface area contributed by atoms with Crippen molar-refractivity contribution in [2.75, 3.05) is 56.4 Å². The Labute approximate surface area is 334 Å². The maximum absolute atomic E-state index is 13.3. The van der Waals surface area contributed by atoms with Crippen molar-refractivity contribution in [2.45, 2.75) is 50.2 Å². The van der Waals surface area contributed by atoms with Gasteiger partial charge in [0, 0.05) is 68.9 Å². The summed E-state index contributed by atoms with van der Waals surface area (Å²) < 4.78 is 8.08. The van der Waals surface area contributed by atoms with Crippen molar-refractivity contribution in [1.82, 2.24) is 39.8 Å². The first-order valence-electron chi connectivity index (χ1n) is 20.2. The quantitative estimate of drug-likeness (QED) is 0.206. The van der Waals surface area contributed by atoms with Gasteiger partial charge in [-0.1, -0.05) is 18.2 Å². The Hall–Kier alpha value is -6.19. The molecule has 0 bridgehead atoms. The molecule has 4 fully saturated rings. The zero-order valence-electron chi connectivity index (χ0n) is 32.0. The lowest BCUT2D eigenvalue weighted by atomic mass is 9.97. The number of likely N-dealkylation sites (tertiary alicyclic amines) is 2. The van der Waals surface area contributed by atoms with E-state index >= 15 is 0 Å². The van der Waals surface area contributed by atoms with Crippen LogP contribution in [0.4, 0.5) is 11.5 Å². The van der Waals surface area contributed by atoms with Gasteiger partial charge in [0.15, 0.2) is 5.65 Å². The number of hydrogen-bond acceptors (Lipinski definition) is 12. The first kappa shape index (κ1) is 36.2. The third-order valence-electron chi connectivity index (χ3n) is 12.5. The van der Waals surface area contributed by atoms with E-state index < -0.39 is 23.8 Å². The number of nitrogen functional groups attached to an aromatic ring is 1. The Balaban J connectivity index is 0.729. The lowest BCUT2D eigenvalue weighted by Gasteiger charge is -2.43. The Bertz CT molecular complexity index is 2420. The number of carbonyl (C=O) groups is 4. The molecular weight excluding hydrogens is 737 g/mol. The standard InChI is InChI=1S/C43H44N10O5/c44-39-37-38(27-6-9-32(10-7-27)58-31-4-2-1-3-5-31)48-53(40(37)46-25-45-39)28-15-18-50(19-16-28)30-14-17-49(24-30)21-26-22-51(23-26)29-8-11-33-34(20-29)43(57)52(42(33)56)35-12-13-36(54)47-41(35)55/h1-11,20,25-26,28,30,35H,12-19,21-24H2,(H2,44,45,46)(H,47,54,55)/t30-,35?/m0/s1. The minimum Gasteiger partial charge on any atom is -0.457 e. The number of nitrogens with one attached hydrogen (secondary N) is 1. The SMILES string of the molecule is Nc1ncnc2c1c(-c1ccc(Oc3ccccc3)cc1)nn2C1CCN([C@H]2CCN(CC3CN(c4ccc5c(c4)C(=O)N(C4CCC(=O)NC4=O)C5=O)C3)C2)CC1. The fourth-order valence-electron chi connectivity index (χ4n) is 9.45. The number of piperidine rings is 2. The molecule has 58 heavy (non-hydrogen) atoms. The van der Waals surface area contributed by atoms with E-state index in [2.05, 4.69) is 34.7 Å². The van der Waals surface area contributed by atoms with Gasteiger partial charge < -0.3 is 20.3 Å². The van der Waals surface area contributed by atoms with Gasteiger partial charge in [0.2, 0.25) is 11.8 Å². The van der Waals surface area contributed by atoms with Gasteiger partial charge in [-0.15, -0.1) is 0 Å². The summed E-state index contributed by atoms with van der Waals surface area (Å²) in [6.07, 6.45) is 4.85. The van der Waals surface area contributed by atoms with E-state index in [4.69, 9.17) is 15.6 Å². The molecule has 4 amide bonds. The minimum atomic E-state index is -0.964. The number of ether oxygens (including phenoxy) is 1. The Morgan fingerprint density at radius 2 is 1.52 bits per heavy atom. The second kappa shape index (κ2) is 14.6. The molecule has 0 radical (unpaired) electrons. The number of nitrogens with zero attached hydrogens (tertiary/aromatic N) is 8. The molecule has 0 spiro atoms. The highest BCUT2D eigenvalue weighted by atomic mass is 16.5. The molecule has 1 unspecified atom stereocenters. The summed E-state index contributed by atoms with van der Waals surface area (Å²) in [5.74, 6) is 0.519. The van der Waals surface area contributed by atoms with Gasteiger partial charge in [0.05, 0.1) is 22.6 Å². The lowest BCUT2D eigenvalue weighted by molar-refractivity contribution is -0.136. The molecule has 15 heteroatoms. The highest BCUT2D eigenvalue weighted by Crippen LogP contribution is 2.37. The van der Waals surface area contributed by atoms with Gasteiger partial charge in [-0.25, -0.2) is 14.6 Å². The summed E-state index contributed by atoms with van der Waals surface area (Å²) in [4.78, 5) is 68.0. The molecule has 4 saturated heterocycles. The van der Waals surface area contributed by atoms with Crippen molar-refractivity contribution in [3.05, 3.63) is 90.3 Å². The second-order valence-electron chi connectivity index (χ2n) is 16.1. The minimum absolute atomic E-state index is 0.0988. The predicted octanol–water partition coefficient (Wildman–Crippen LogP) is 4.12. The number of benzene rings is 3. The van der Waals surface area contributed by atoms with Crippen LogP contribution in [-0.4, -0.2) is 116 Å². The number of rotatable bonds is 9. The van der Waals surface area contributed by atoms with Gasteiger partial charge in [0.1, 0.15) is 35.4 Å². The average molecular weight is 781 g/mol. The fourth-order valence-corrected chi connectivity index (χ4v) is 9.45. The monoisotopic (exact) mass is 780 g/mol. The number of anilines is 2. The number of amides is 4. The molecule has 0 aliphatic carbocycles. The van der Waals surface area contributed by atoms with Gasteiger partial charge in [0.25, 0.3) is 11.8 Å². The maximum atomic E-state index is 13.3. The first-order valence-corrected chi connectivity index (χ1v) is 20.2. The van der Waals surface area contributed by atoms with E-state index in [1.54, 1.807) is 12.1 Å². The summed E-state index contributed by atoms with van der Waals surface area (Å²) >= 11 is 0. The summed E-state index contributed by atoms with van der Waals surface area (Å²) in [7, 11) is 0. The largest absolute Gasteiger partial charge is 0.457 e. The lowest BCUT2D eigenvalue weighted by Crippen LogP contribution is -2.54. The van der Waals surface area contributed by atoms with E-state index in [9.17, 15) is 19.2 Å². The van der Waals surface area contributed by atoms with Crippen LogP contribution in [0.3, 0.4) is 0 Å². The first-order chi connectivity index (χ1) is 28.3. The van der Waals surface area contributed by atoms with Crippen LogP contribution in [0.25, 0.3) is 22.3 Å². The predicted molar refractivity (Wildman–Crippen MR) is 215 cm³/mol. The van der Waals surface area contributed by atoms with E-state index in [0.29, 0.717) is 28.9 Å². The van der Waals surface area contributed by atoms with Crippen LogP contribution in [0.2, 0.25) is 0 Å². The van der Waals surface area contributed by atoms with Crippen LogP contribution in [0.1, 0.15) is 58.9 Å². The molecule has 296 valence electrons. The van der Waals surface area contributed by atoms with Crippen molar-refractivity contribution >= 4 is 46.2 Å². The van der Waals surface area contributed by atoms with Gasteiger partial charge in [-0.2, -0.15) is 5.10 Å². The summed E-state index contributed by atoms with van der Waals surface area (Å²) in [6.45, 7) is 6.89. The molecule has 5 aliphatic heterocycles. The molecule has 5 aromatic rings. The van der Waals surface area contributed by atoms with Gasteiger partial charge >= 0.3 is 0 Å². The van der Waals surface area contributed by atoms with Crippen molar-refractivity contribution < 1.29 is 23.9 Å². The smallest absolute Gasteiger partial charge is 0.262 e. The van der Waals surface area contributed by atoms with Crippen molar-refractivity contribution in [3.63, 3.8) is 0 Å². The highest BCUT2D eigenvalue weighted by Gasteiger charge is 2.45. The summed E-state index contributed by atoms with van der Waals surface area (Å²) in [5, 5.41) is 8.15. The van der Waals surface area contributed by atoms with Crippen LogP contribution in [-0.2, 0) is 9.59 Å². The Morgan fingerprint density at radius 1 is 0.776 bits per heavy atom. The molecule has 3 aromatic carbocycles. The second-order valence-corrected chi connectivity index (χ2v) is 16.1. The van der Waals surface area contributed by atoms with E-state index in [1.807, 2.05) is 60.7 Å². The summed E-state index contributed by atoms with van der Waals surface area (Å²) in [5.41, 5.74) is 10.5. The number of aromatic nitrogens is 4. The molecule has 0 saturated carbocycles. The van der Waals surface area contributed by atoms with Crippen LogP contribution in [0.5, 0.6) is 11.5 Å². The normalized spacial score (nSPS) is 22.1. The number of nitrogens with two attached hydrogens (primary N) is 1. The molecule has 3 N–H and O–H groups in total. The van der Waals surface area contributed by atoms with Crippen molar-refractivity contribution in [2.24, 2.45) is 5.92 Å². The molecule has 5 aliphatic rings. The average Bonchev–Trinajstić information content (AvgIpc) is 3.92. The number of hydrogen-bond donors (Lipinski definition) is 2. The highest BCUT2D eigenvalue weighted by molar-refractivity contribution is 6.23. The van der Waals surface area contributed by atoms with Crippen LogP contribution < -0.4 is 20.7 Å². The number of para-hydroxylation sites is 1. The fraction of sp³-hybridized carbons (Fsp3) is 0.372. The molecule has 2 atom stereocenters. The van der Waals surface area contributed by atoms with Crippen molar-refractivity contribution in [3.8, 4) is 22.8 Å². The van der Waals surface area contributed by atoms with Crippen LogP contribution in [0.15, 0.2) is 79.1 Å². The molecule has 10 rings (SSSR count). The molecular formula is C43H44N10O5. The topological polar surface area (TPSA) is 172 Å². The number of carbonyl (C=O) groups excluding carboxylic acids is 4. The third-order valence-corrected chi connectivity index (χ3v) is 12.5.